The van der Waals surface area contributed by atoms with Crippen LogP contribution in [0.3, 0.4) is 0 Å². The molecule has 0 atom stereocenters. The van der Waals surface area contributed by atoms with Crippen molar-refractivity contribution in [2.75, 3.05) is 6.54 Å². The van der Waals surface area contributed by atoms with Crippen LogP contribution in [0.5, 0.6) is 0 Å². The Morgan fingerprint density at radius 1 is 1.23 bits per heavy atom. The SMILES string of the molecule is Cc1nn(C)c(C)c1CCNS(=O)(=O)Cc1ccc(F)cc1. The van der Waals surface area contributed by atoms with Gasteiger partial charge < -0.3 is 0 Å². The van der Waals surface area contributed by atoms with Crippen molar-refractivity contribution in [3.8, 4) is 0 Å². The quantitative estimate of drug-likeness (QED) is 0.881. The number of rotatable bonds is 6. The van der Waals surface area contributed by atoms with Crippen molar-refractivity contribution in [3.05, 3.63) is 52.6 Å². The Bertz CT molecular complexity index is 752. The molecule has 5 nitrogen and oxygen atoms in total. The predicted octanol–water partition coefficient (Wildman–Crippen LogP) is 1.84. The number of halogens is 1. The highest BCUT2D eigenvalue weighted by Gasteiger charge is 2.13. The van der Waals surface area contributed by atoms with Crippen LogP contribution in [0.1, 0.15) is 22.5 Å². The van der Waals surface area contributed by atoms with E-state index in [-0.39, 0.29) is 11.6 Å². The number of hydrogen-bond donors (Lipinski definition) is 1. The van der Waals surface area contributed by atoms with Gasteiger partial charge in [-0.3, -0.25) is 4.68 Å². The smallest absolute Gasteiger partial charge is 0.215 e. The van der Waals surface area contributed by atoms with Crippen molar-refractivity contribution in [3.63, 3.8) is 0 Å². The fourth-order valence-electron chi connectivity index (χ4n) is 2.36. The Morgan fingerprint density at radius 3 is 2.41 bits per heavy atom. The third-order valence-corrected chi connectivity index (χ3v) is 4.98. The van der Waals surface area contributed by atoms with Crippen molar-refractivity contribution in [1.82, 2.24) is 14.5 Å². The summed E-state index contributed by atoms with van der Waals surface area (Å²) in [5.74, 6) is -0.533. The zero-order valence-electron chi connectivity index (χ0n) is 12.9. The lowest BCUT2D eigenvalue weighted by Crippen LogP contribution is -2.27. The van der Waals surface area contributed by atoms with Crippen molar-refractivity contribution < 1.29 is 12.8 Å². The molecule has 0 aliphatic rings. The Labute approximate surface area is 130 Å². The molecule has 1 aromatic heterocycles. The molecule has 22 heavy (non-hydrogen) atoms. The minimum absolute atomic E-state index is 0.154. The fourth-order valence-corrected chi connectivity index (χ4v) is 3.51. The maximum absolute atomic E-state index is 12.8. The molecule has 0 saturated carbocycles. The van der Waals surface area contributed by atoms with Gasteiger partial charge in [0.1, 0.15) is 5.82 Å². The third kappa shape index (κ3) is 4.14. The maximum Gasteiger partial charge on any atom is 0.215 e. The average molecular weight is 325 g/mol. The molecule has 0 radical (unpaired) electrons. The van der Waals surface area contributed by atoms with E-state index in [9.17, 15) is 12.8 Å². The van der Waals surface area contributed by atoms with Crippen LogP contribution in [-0.4, -0.2) is 24.7 Å². The van der Waals surface area contributed by atoms with E-state index in [1.54, 1.807) is 4.68 Å². The fraction of sp³-hybridized carbons (Fsp3) is 0.400. The first-order valence-corrected chi connectivity index (χ1v) is 8.64. The van der Waals surface area contributed by atoms with E-state index in [4.69, 9.17) is 0 Å². The summed E-state index contributed by atoms with van der Waals surface area (Å²) in [7, 11) is -1.57. The standard InChI is InChI=1S/C15H20FN3O2S/c1-11-15(12(2)19(3)18-11)8-9-17-22(20,21)10-13-4-6-14(16)7-5-13/h4-7,17H,8-10H2,1-3H3. The number of aromatic nitrogens is 2. The lowest BCUT2D eigenvalue weighted by atomic mass is 10.1. The molecule has 0 bridgehead atoms. The molecular formula is C15H20FN3O2S. The zero-order valence-corrected chi connectivity index (χ0v) is 13.7. The van der Waals surface area contributed by atoms with Crippen LogP contribution in [-0.2, 0) is 29.2 Å². The van der Waals surface area contributed by atoms with Gasteiger partial charge in [0.15, 0.2) is 0 Å². The van der Waals surface area contributed by atoms with Gasteiger partial charge in [0.25, 0.3) is 0 Å². The van der Waals surface area contributed by atoms with E-state index in [1.807, 2.05) is 20.9 Å². The molecule has 1 aromatic carbocycles. The van der Waals surface area contributed by atoms with Gasteiger partial charge in [-0.15, -0.1) is 0 Å². The van der Waals surface area contributed by atoms with Crippen molar-refractivity contribution in [2.45, 2.75) is 26.0 Å². The van der Waals surface area contributed by atoms with Crippen LogP contribution in [0.2, 0.25) is 0 Å². The minimum atomic E-state index is -3.44. The van der Waals surface area contributed by atoms with Gasteiger partial charge in [-0.25, -0.2) is 17.5 Å². The molecule has 0 unspecified atom stereocenters. The number of benzene rings is 1. The molecule has 0 saturated heterocycles. The summed E-state index contributed by atoms with van der Waals surface area (Å²) in [6, 6.07) is 5.47. The highest BCUT2D eigenvalue weighted by atomic mass is 32.2. The summed E-state index contributed by atoms with van der Waals surface area (Å²) in [5, 5.41) is 4.31. The Hall–Kier alpha value is -1.73. The summed E-state index contributed by atoms with van der Waals surface area (Å²) in [6.07, 6.45) is 0.591. The van der Waals surface area contributed by atoms with Crippen LogP contribution in [0.4, 0.5) is 4.39 Å². The molecular weight excluding hydrogens is 305 g/mol. The molecule has 0 aliphatic heterocycles. The summed E-state index contributed by atoms with van der Waals surface area (Å²) >= 11 is 0. The van der Waals surface area contributed by atoms with Gasteiger partial charge in [-0.1, -0.05) is 12.1 Å². The topological polar surface area (TPSA) is 64.0 Å². The van der Waals surface area contributed by atoms with Crippen molar-refractivity contribution in [1.29, 1.82) is 0 Å². The minimum Gasteiger partial charge on any atom is -0.272 e. The summed E-state index contributed by atoms with van der Waals surface area (Å²) in [6.45, 7) is 4.19. The van der Waals surface area contributed by atoms with E-state index in [1.165, 1.54) is 24.3 Å². The summed E-state index contributed by atoms with van der Waals surface area (Å²) < 4.78 is 41.2. The molecule has 0 fully saturated rings. The van der Waals surface area contributed by atoms with E-state index >= 15 is 0 Å². The van der Waals surface area contributed by atoms with E-state index in [2.05, 4.69) is 9.82 Å². The van der Waals surface area contributed by atoms with Gasteiger partial charge in [-0.05, 0) is 43.5 Å². The summed E-state index contributed by atoms with van der Waals surface area (Å²) in [5.41, 5.74) is 3.57. The Morgan fingerprint density at radius 2 is 1.86 bits per heavy atom. The first-order valence-electron chi connectivity index (χ1n) is 6.99. The van der Waals surface area contributed by atoms with Gasteiger partial charge in [0.05, 0.1) is 11.4 Å². The largest absolute Gasteiger partial charge is 0.272 e. The van der Waals surface area contributed by atoms with Gasteiger partial charge in [0, 0.05) is 19.3 Å². The first-order chi connectivity index (χ1) is 10.3. The molecule has 1 heterocycles. The average Bonchev–Trinajstić information content (AvgIpc) is 2.67. The zero-order chi connectivity index (χ0) is 16.3. The predicted molar refractivity (Wildman–Crippen MR) is 83.4 cm³/mol. The second kappa shape index (κ2) is 6.58. The molecule has 2 aromatic rings. The van der Waals surface area contributed by atoms with Crippen molar-refractivity contribution in [2.24, 2.45) is 7.05 Å². The normalized spacial score (nSPS) is 11.8. The van der Waals surface area contributed by atoms with Gasteiger partial charge in [0.2, 0.25) is 10.0 Å². The van der Waals surface area contributed by atoms with Crippen LogP contribution < -0.4 is 4.72 Å². The van der Waals surface area contributed by atoms with Crippen LogP contribution in [0.25, 0.3) is 0 Å². The van der Waals surface area contributed by atoms with Gasteiger partial charge in [-0.2, -0.15) is 5.10 Å². The Balaban J connectivity index is 1.94. The number of aryl methyl sites for hydroxylation is 2. The molecule has 1 N–H and O–H groups in total. The first kappa shape index (κ1) is 16.6. The third-order valence-electron chi connectivity index (χ3n) is 3.63. The van der Waals surface area contributed by atoms with E-state index in [0.717, 1.165) is 17.0 Å². The second-order valence-electron chi connectivity index (χ2n) is 5.30. The van der Waals surface area contributed by atoms with Crippen LogP contribution in [0.15, 0.2) is 24.3 Å². The molecule has 2 rings (SSSR count). The number of hydrogen-bond acceptors (Lipinski definition) is 3. The van der Waals surface area contributed by atoms with E-state index < -0.39 is 10.0 Å². The monoisotopic (exact) mass is 325 g/mol. The van der Waals surface area contributed by atoms with E-state index in [0.29, 0.717) is 18.5 Å². The number of nitrogens with zero attached hydrogens (tertiary/aromatic N) is 2. The molecule has 7 heteroatoms. The summed E-state index contributed by atoms with van der Waals surface area (Å²) in [4.78, 5) is 0. The Kier molecular flexibility index (Phi) is 4.97. The highest BCUT2D eigenvalue weighted by Crippen LogP contribution is 2.12. The molecule has 0 amide bonds. The van der Waals surface area contributed by atoms with Gasteiger partial charge >= 0.3 is 0 Å². The number of nitrogens with one attached hydrogen (secondary N) is 1. The molecule has 0 spiro atoms. The lowest BCUT2D eigenvalue weighted by Gasteiger charge is -2.07. The van der Waals surface area contributed by atoms with Crippen LogP contribution in [0, 0.1) is 19.7 Å². The van der Waals surface area contributed by atoms with Crippen LogP contribution >= 0.6 is 0 Å². The maximum atomic E-state index is 12.8. The number of sulfonamides is 1. The molecule has 0 aliphatic carbocycles. The second-order valence-corrected chi connectivity index (χ2v) is 7.11. The highest BCUT2D eigenvalue weighted by molar-refractivity contribution is 7.88. The molecule has 120 valence electrons. The van der Waals surface area contributed by atoms with Crippen molar-refractivity contribution >= 4 is 10.0 Å². The lowest BCUT2D eigenvalue weighted by molar-refractivity contribution is 0.580.